The molecule has 5 rings (SSSR count). The molecule has 0 N–H and O–H groups in total. The minimum absolute atomic E-state index is 0.111. The maximum absolute atomic E-state index is 13.5. The number of pyridine rings is 1. The first kappa shape index (κ1) is 17.7. The smallest absolute Gasteiger partial charge is 0.267 e. The summed E-state index contributed by atoms with van der Waals surface area (Å²) in [5.41, 5.74) is 0.978. The summed E-state index contributed by atoms with van der Waals surface area (Å²) in [6.07, 6.45) is 3.26. The van der Waals surface area contributed by atoms with Crippen molar-refractivity contribution in [1.82, 2.24) is 14.8 Å². The van der Waals surface area contributed by atoms with Gasteiger partial charge in [-0.15, -0.1) is 11.3 Å². The van der Waals surface area contributed by atoms with Gasteiger partial charge in [0, 0.05) is 41.6 Å². The van der Waals surface area contributed by atoms with Crippen molar-refractivity contribution < 1.29 is 9.59 Å². The molecule has 140 valence electrons. The number of rotatable bonds is 2. The third-order valence-electron chi connectivity index (χ3n) is 5.30. The van der Waals surface area contributed by atoms with Gasteiger partial charge in [0.25, 0.3) is 11.8 Å². The van der Waals surface area contributed by atoms with Gasteiger partial charge < -0.3 is 9.80 Å². The van der Waals surface area contributed by atoms with E-state index >= 15 is 0 Å². The summed E-state index contributed by atoms with van der Waals surface area (Å²) >= 11 is 13.6. The molecule has 0 aliphatic carbocycles. The molecule has 1 atom stereocenters. The molecular formula is C20H13Cl2N3O2S. The molecule has 2 aliphatic rings. The fraction of sp³-hybridized carbons (Fsp3) is 0.150. The molecule has 2 aliphatic heterocycles. The van der Waals surface area contributed by atoms with E-state index in [0.29, 0.717) is 39.1 Å². The standard InChI is InChI=1S/C20H13Cl2N3O2S/c21-13-3-1-12(2-4-13)20-15-11-23-7-5-14(15)18(26)24(20)8-9-25(20)19(27)17-16(22)6-10-28-17/h1-7,10-11H,8-9H2. The number of hydrogen-bond donors (Lipinski definition) is 0. The zero-order chi connectivity index (χ0) is 19.5. The van der Waals surface area contributed by atoms with Gasteiger partial charge in [-0.25, -0.2) is 0 Å². The average Bonchev–Trinajstić information content (AvgIpc) is 3.37. The lowest BCUT2D eigenvalue weighted by Gasteiger charge is -2.40. The van der Waals surface area contributed by atoms with Crippen LogP contribution in [0.1, 0.15) is 31.2 Å². The molecule has 0 spiro atoms. The molecule has 3 aromatic rings. The van der Waals surface area contributed by atoms with E-state index in [1.54, 1.807) is 51.8 Å². The molecule has 1 unspecified atom stereocenters. The predicted molar refractivity (Wildman–Crippen MR) is 108 cm³/mol. The summed E-state index contributed by atoms with van der Waals surface area (Å²) in [6, 6.07) is 10.6. The Morgan fingerprint density at radius 3 is 2.61 bits per heavy atom. The second-order valence-electron chi connectivity index (χ2n) is 6.61. The van der Waals surface area contributed by atoms with Crippen LogP contribution in [0.3, 0.4) is 0 Å². The minimum atomic E-state index is -1.06. The zero-order valence-corrected chi connectivity index (χ0v) is 16.8. The van der Waals surface area contributed by atoms with Crippen LogP contribution in [-0.2, 0) is 5.66 Å². The Labute approximate surface area is 175 Å². The molecule has 0 bridgehead atoms. The maximum Gasteiger partial charge on any atom is 0.267 e. The summed E-state index contributed by atoms with van der Waals surface area (Å²) in [4.78, 5) is 34.8. The number of carbonyl (C=O) groups is 2. The molecule has 4 heterocycles. The summed E-state index contributed by atoms with van der Waals surface area (Å²) in [5.74, 6) is -0.318. The first-order valence-electron chi connectivity index (χ1n) is 8.62. The van der Waals surface area contributed by atoms with Crippen LogP contribution in [-0.4, -0.2) is 39.7 Å². The quantitative estimate of drug-likeness (QED) is 0.611. The molecular weight excluding hydrogens is 417 g/mol. The van der Waals surface area contributed by atoms with Crippen molar-refractivity contribution in [3.8, 4) is 0 Å². The Hall–Kier alpha value is -2.41. The number of amides is 2. The summed E-state index contributed by atoms with van der Waals surface area (Å²) in [7, 11) is 0. The largest absolute Gasteiger partial charge is 0.306 e. The Balaban J connectivity index is 1.77. The van der Waals surface area contributed by atoms with Gasteiger partial charge in [0.15, 0.2) is 5.66 Å². The van der Waals surface area contributed by atoms with E-state index < -0.39 is 5.66 Å². The normalized spacial score (nSPS) is 20.4. The number of aromatic nitrogens is 1. The van der Waals surface area contributed by atoms with Crippen molar-refractivity contribution in [2.24, 2.45) is 0 Å². The Bertz CT molecular complexity index is 1110. The van der Waals surface area contributed by atoms with Gasteiger partial charge in [0.2, 0.25) is 0 Å². The number of nitrogens with zero attached hydrogens (tertiary/aromatic N) is 3. The first-order chi connectivity index (χ1) is 13.5. The van der Waals surface area contributed by atoms with Gasteiger partial charge >= 0.3 is 0 Å². The highest BCUT2D eigenvalue weighted by molar-refractivity contribution is 7.12. The fourth-order valence-electron chi connectivity index (χ4n) is 4.18. The van der Waals surface area contributed by atoms with Crippen LogP contribution in [0, 0.1) is 0 Å². The monoisotopic (exact) mass is 429 g/mol. The Kier molecular flexibility index (Phi) is 3.98. The number of benzene rings is 1. The summed E-state index contributed by atoms with van der Waals surface area (Å²) in [6.45, 7) is 0.820. The zero-order valence-electron chi connectivity index (χ0n) is 14.4. The van der Waals surface area contributed by atoms with E-state index in [2.05, 4.69) is 4.98 Å². The fourth-order valence-corrected chi connectivity index (χ4v) is 5.39. The topological polar surface area (TPSA) is 53.5 Å². The Morgan fingerprint density at radius 2 is 1.89 bits per heavy atom. The van der Waals surface area contributed by atoms with Crippen LogP contribution in [0.5, 0.6) is 0 Å². The molecule has 0 radical (unpaired) electrons. The molecule has 2 aromatic heterocycles. The van der Waals surface area contributed by atoms with Crippen molar-refractivity contribution in [2.75, 3.05) is 13.1 Å². The second-order valence-corrected chi connectivity index (χ2v) is 8.37. The van der Waals surface area contributed by atoms with Gasteiger partial charge in [0.1, 0.15) is 4.88 Å². The summed E-state index contributed by atoms with van der Waals surface area (Å²) in [5, 5.41) is 2.78. The second kappa shape index (κ2) is 6.30. The lowest BCUT2D eigenvalue weighted by molar-refractivity contribution is 0.0378. The third-order valence-corrected chi connectivity index (χ3v) is 6.89. The summed E-state index contributed by atoms with van der Waals surface area (Å²) < 4.78 is 0. The van der Waals surface area contributed by atoms with Crippen molar-refractivity contribution >= 4 is 46.4 Å². The predicted octanol–water partition coefficient (Wildman–Crippen LogP) is 4.26. The van der Waals surface area contributed by atoms with Gasteiger partial charge in [-0.2, -0.15) is 0 Å². The molecule has 8 heteroatoms. The highest BCUT2D eigenvalue weighted by Gasteiger charge is 2.60. The van der Waals surface area contributed by atoms with Crippen molar-refractivity contribution in [3.63, 3.8) is 0 Å². The molecule has 0 saturated carbocycles. The van der Waals surface area contributed by atoms with Crippen molar-refractivity contribution in [2.45, 2.75) is 5.66 Å². The van der Waals surface area contributed by atoms with Crippen LogP contribution in [0.25, 0.3) is 0 Å². The van der Waals surface area contributed by atoms with Crippen LogP contribution in [0.4, 0.5) is 0 Å². The highest BCUT2D eigenvalue weighted by atomic mass is 35.5. The molecule has 5 nitrogen and oxygen atoms in total. The van der Waals surface area contributed by atoms with Gasteiger partial charge in [-0.05, 0) is 29.6 Å². The van der Waals surface area contributed by atoms with E-state index in [0.717, 1.165) is 5.56 Å². The molecule has 1 fully saturated rings. The van der Waals surface area contributed by atoms with Gasteiger partial charge in [-0.1, -0.05) is 35.3 Å². The number of thiophene rings is 1. The SMILES string of the molecule is O=C1c2ccncc2C2(c3ccc(Cl)cc3)N1CCN2C(=O)c1sccc1Cl. The van der Waals surface area contributed by atoms with Crippen molar-refractivity contribution in [1.29, 1.82) is 0 Å². The highest BCUT2D eigenvalue weighted by Crippen LogP contribution is 2.50. The maximum atomic E-state index is 13.5. The minimum Gasteiger partial charge on any atom is -0.306 e. The van der Waals surface area contributed by atoms with Crippen LogP contribution >= 0.6 is 34.5 Å². The van der Waals surface area contributed by atoms with Gasteiger partial charge in [-0.3, -0.25) is 14.6 Å². The molecule has 1 saturated heterocycles. The molecule has 28 heavy (non-hydrogen) atoms. The van der Waals surface area contributed by atoms with E-state index in [1.165, 1.54) is 11.3 Å². The van der Waals surface area contributed by atoms with E-state index in [-0.39, 0.29) is 11.8 Å². The number of hydrogen-bond acceptors (Lipinski definition) is 4. The van der Waals surface area contributed by atoms with Gasteiger partial charge in [0.05, 0.1) is 10.6 Å². The Morgan fingerprint density at radius 1 is 1.11 bits per heavy atom. The van der Waals surface area contributed by atoms with Crippen LogP contribution in [0.2, 0.25) is 10.0 Å². The number of fused-ring (bicyclic) bond motifs is 3. The first-order valence-corrected chi connectivity index (χ1v) is 10.3. The van der Waals surface area contributed by atoms with E-state index in [9.17, 15) is 9.59 Å². The lowest BCUT2D eigenvalue weighted by atomic mass is 9.91. The van der Waals surface area contributed by atoms with E-state index in [1.807, 2.05) is 12.1 Å². The molecule has 2 amide bonds. The number of carbonyl (C=O) groups excluding carboxylic acids is 2. The number of halogens is 2. The van der Waals surface area contributed by atoms with Crippen LogP contribution in [0.15, 0.2) is 54.2 Å². The molecule has 1 aromatic carbocycles. The third kappa shape index (κ3) is 2.22. The lowest BCUT2D eigenvalue weighted by Crippen LogP contribution is -2.51. The van der Waals surface area contributed by atoms with Crippen molar-refractivity contribution in [3.05, 3.63) is 85.8 Å². The van der Waals surface area contributed by atoms with Crippen LogP contribution < -0.4 is 0 Å². The average molecular weight is 430 g/mol. The van der Waals surface area contributed by atoms with E-state index in [4.69, 9.17) is 23.2 Å².